The number of hydrogen-bond donors (Lipinski definition) is 1. The van der Waals surface area contributed by atoms with Crippen LogP contribution < -0.4 is 0 Å². The lowest BCUT2D eigenvalue weighted by Gasteiger charge is -2.46. The van der Waals surface area contributed by atoms with Gasteiger partial charge in [0.05, 0.1) is 55.4 Å². The van der Waals surface area contributed by atoms with Crippen molar-refractivity contribution < 1.29 is 95.5 Å². The Labute approximate surface area is 486 Å². The third-order valence-electron chi connectivity index (χ3n) is 17.2. The fourth-order valence-electron chi connectivity index (χ4n) is 12.9. The van der Waals surface area contributed by atoms with Crippen molar-refractivity contribution in [2.45, 2.75) is 219 Å². The summed E-state index contributed by atoms with van der Waals surface area (Å²) in [6.45, 7) is 26.6. The number of aromatic nitrogens is 4. The van der Waals surface area contributed by atoms with Gasteiger partial charge in [-0.25, -0.2) is 28.7 Å². The van der Waals surface area contributed by atoms with Gasteiger partial charge < -0.3 is 66.7 Å². The lowest BCUT2D eigenvalue weighted by atomic mass is 9.74. The first-order valence-electron chi connectivity index (χ1n) is 29.0. The maximum absolute atomic E-state index is 15.5. The van der Waals surface area contributed by atoms with Crippen LogP contribution in [0.3, 0.4) is 0 Å². The molecule has 83 heavy (non-hydrogen) atoms. The third-order valence-corrected chi connectivity index (χ3v) is 17.2. The second-order valence-electron chi connectivity index (χ2n) is 24.5. The summed E-state index contributed by atoms with van der Waals surface area (Å²) in [5.74, 6) is -8.48. The zero-order valence-electron chi connectivity index (χ0n) is 50.6. The van der Waals surface area contributed by atoms with Gasteiger partial charge in [0.1, 0.15) is 48.3 Å². The summed E-state index contributed by atoms with van der Waals surface area (Å²) in [7, 11) is 2.87. The molecule has 0 aliphatic carbocycles. The molecule has 5 aliphatic rings. The molecule has 0 radical (unpaired) electrons. The smallest absolute Gasteiger partial charge is 0.420 e. The van der Waals surface area contributed by atoms with E-state index in [9.17, 15) is 24.3 Å². The predicted octanol–water partition coefficient (Wildman–Crippen LogP) is 6.61. The average Bonchev–Trinajstić information content (AvgIpc) is 4.32. The number of Topliss-reactive ketones (excluding diaryl/α,β-unsaturated/α-hetero) is 1. The molecule has 5 saturated heterocycles. The summed E-state index contributed by atoms with van der Waals surface area (Å²) in [6, 6.07) is 0. The molecule has 7 heterocycles. The number of cyclic esters (lactones) is 1. The van der Waals surface area contributed by atoms with Crippen molar-refractivity contribution in [2.24, 2.45) is 47.3 Å². The summed E-state index contributed by atoms with van der Waals surface area (Å²) in [6.07, 6.45) is -6.70. The molecule has 2 aromatic heterocycles. The minimum absolute atomic E-state index is 0.00368. The lowest BCUT2D eigenvalue weighted by Crippen LogP contribution is -2.60. The van der Waals surface area contributed by atoms with E-state index in [0.29, 0.717) is 12.0 Å². The number of nitrogens with zero attached hydrogens (tertiary/aromatic N) is 4. The molecule has 2 aromatic rings. The largest absolute Gasteiger partial charge is 0.461 e. The first-order valence-corrected chi connectivity index (χ1v) is 29.0. The molecule has 464 valence electrons. The van der Waals surface area contributed by atoms with Gasteiger partial charge in [-0.15, -0.1) is 0 Å². The van der Waals surface area contributed by atoms with Crippen molar-refractivity contribution in [1.82, 2.24) is 19.1 Å². The summed E-state index contributed by atoms with van der Waals surface area (Å²) >= 11 is 0. The molecule has 23 atom stereocenters. The Kier molecular flexibility index (Phi) is 21.6. The normalized spacial score (nSPS) is 39.7. The molecule has 24 heteroatoms. The van der Waals surface area contributed by atoms with Crippen molar-refractivity contribution in [3.63, 3.8) is 0 Å². The van der Waals surface area contributed by atoms with Crippen LogP contribution in [0.25, 0.3) is 0 Å². The monoisotopic (exact) mass is 1170 g/mol. The number of fused-ring (bicyclic) bond motifs is 1. The average molecular weight is 1170 g/mol. The Hall–Kier alpha value is -5.18. The van der Waals surface area contributed by atoms with Gasteiger partial charge in [0.2, 0.25) is 0 Å². The summed E-state index contributed by atoms with van der Waals surface area (Å²) in [5, 5.41) is 12.6. The van der Waals surface area contributed by atoms with Gasteiger partial charge in [-0.05, 0) is 71.8 Å². The van der Waals surface area contributed by atoms with E-state index in [1.807, 2.05) is 34.6 Å². The van der Waals surface area contributed by atoms with Crippen LogP contribution in [0.4, 0.5) is 9.59 Å². The highest BCUT2D eigenvalue weighted by Gasteiger charge is 2.56. The zero-order chi connectivity index (χ0) is 61.0. The molecular formula is C59H88N4O20. The van der Waals surface area contributed by atoms with E-state index < -0.39 is 163 Å². The first-order chi connectivity index (χ1) is 39.1. The zero-order valence-corrected chi connectivity index (χ0v) is 50.6. The molecule has 0 spiro atoms. The van der Waals surface area contributed by atoms with Crippen LogP contribution in [-0.2, 0) is 80.8 Å². The molecule has 0 amide bonds. The molecule has 1 N–H and O–H groups in total. The van der Waals surface area contributed by atoms with Gasteiger partial charge in [0, 0.05) is 75.5 Å². The molecule has 24 nitrogen and oxygen atoms in total. The van der Waals surface area contributed by atoms with E-state index in [0.717, 1.165) is 4.57 Å². The topological polar surface area (TPSA) is 278 Å². The molecule has 0 bridgehead atoms. The predicted molar refractivity (Wildman–Crippen MR) is 292 cm³/mol. The van der Waals surface area contributed by atoms with Gasteiger partial charge in [-0.2, -0.15) is 0 Å². The van der Waals surface area contributed by atoms with Gasteiger partial charge >= 0.3 is 30.1 Å². The number of hydrogen-bond acceptors (Lipinski definition) is 22. The maximum atomic E-state index is 15.5. The Morgan fingerprint density at radius 3 is 1.98 bits per heavy atom. The molecular weight excluding hydrogens is 1080 g/mol. The molecule has 0 aromatic carbocycles. The Morgan fingerprint density at radius 2 is 1.37 bits per heavy atom. The second kappa shape index (κ2) is 27.5. The SMILES string of the molecule is C=C1C[C@@H](C)O[C@@H](O[C@@H]2[C@@H](C)[C@H](O[C@H]3C[C@@]4(C)OC(=O)C[C@H]4[C@H](C)O3)[C@@H](C)C(=O)O[C@H]([C@@H](C)CO[C@@H]3O[C@H](C)[C@@H](OC(=O)n4ccnc4)[C@@H](OC)[C@H]3OC)[C@H](C)[C@@H](OC(=O)CC(C)C)[C@@H](C)C(=O)[C@@](C)(O)C[C@@H]2C)[C@@H]1OC(=O)n1ccnc1. The highest BCUT2D eigenvalue weighted by atomic mass is 16.7. The molecule has 5 fully saturated rings. The standard InChI is InChI=1S/C59H88N4O20/c1-29(2)21-41(64)77-47-35(8)45(32(5)26-73-54-51(72-16)50(71-15)49(39(12)76-54)82-57(69)63-20-18-61-28-63)79-53(67)37(10)48(78-43-25-59(14)40(38(11)75-43)23-42(65)83-59)34(7)44(31(4)24-58(13,70)52(66)36(47)9)80-55-46(30(3)22-33(6)74-55)81-56(68)62-19-17-60-27-62/h17-20,27-29,31-40,43-51,54-55,70H,3,21-26H2,1-2,4-16H3/t31-,32-,33+,34+,35-,36+,37+,38-,39+,40-,43-,44-,45+,46+,47+,48-,49+,50+,51+,54+,55-,58-,59+/m0/s1. The number of esters is 3. The van der Waals surface area contributed by atoms with Crippen molar-refractivity contribution in [1.29, 1.82) is 0 Å². The number of imidazole rings is 2. The van der Waals surface area contributed by atoms with E-state index in [4.69, 9.17) is 61.6 Å². The first kappa shape index (κ1) is 65.4. The van der Waals surface area contributed by atoms with Crippen LogP contribution in [0.1, 0.15) is 122 Å². The van der Waals surface area contributed by atoms with Crippen LogP contribution in [0.5, 0.6) is 0 Å². The number of carbonyl (C=O) groups is 6. The minimum atomic E-state index is -2.11. The Balaban J connectivity index is 1.27. The van der Waals surface area contributed by atoms with Crippen molar-refractivity contribution in [3.05, 3.63) is 49.6 Å². The summed E-state index contributed by atoms with van der Waals surface area (Å²) in [5.41, 5.74) is -2.59. The Bertz CT molecular complexity index is 2540. The van der Waals surface area contributed by atoms with Crippen LogP contribution in [0, 0.1) is 47.3 Å². The summed E-state index contributed by atoms with van der Waals surface area (Å²) < 4.78 is 84.8. The van der Waals surface area contributed by atoms with Crippen LogP contribution >= 0.6 is 0 Å². The number of methoxy groups -OCH3 is 2. The summed E-state index contributed by atoms with van der Waals surface area (Å²) in [4.78, 5) is 91.9. The quantitative estimate of drug-likeness (QED) is 0.112. The number of rotatable bonds is 15. The van der Waals surface area contributed by atoms with E-state index in [-0.39, 0.29) is 50.1 Å². The van der Waals surface area contributed by atoms with Gasteiger partial charge in [0.25, 0.3) is 0 Å². The number of aliphatic hydroxyl groups is 1. The van der Waals surface area contributed by atoms with E-state index in [2.05, 4.69) is 16.5 Å². The van der Waals surface area contributed by atoms with Gasteiger partial charge in [0.15, 0.2) is 36.9 Å². The van der Waals surface area contributed by atoms with Crippen molar-refractivity contribution in [2.75, 3.05) is 20.8 Å². The molecule has 0 saturated carbocycles. The number of carbonyl (C=O) groups excluding carboxylic acids is 6. The van der Waals surface area contributed by atoms with Gasteiger partial charge in [-0.3, -0.25) is 19.2 Å². The third kappa shape index (κ3) is 15.1. The highest BCUT2D eigenvalue weighted by Crippen LogP contribution is 2.46. The van der Waals surface area contributed by atoms with Crippen molar-refractivity contribution >= 4 is 35.9 Å². The van der Waals surface area contributed by atoms with Crippen molar-refractivity contribution in [3.8, 4) is 0 Å². The Morgan fingerprint density at radius 1 is 0.735 bits per heavy atom. The highest BCUT2D eigenvalue weighted by molar-refractivity contribution is 5.89. The van der Waals surface area contributed by atoms with Crippen LogP contribution in [0.2, 0.25) is 0 Å². The van der Waals surface area contributed by atoms with E-state index in [1.54, 1.807) is 48.5 Å². The van der Waals surface area contributed by atoms with Gasteiger partial charge in [-0.1, -0.05) is 55.0 Å². The molecule has 7 rings (SSSR count). The van der Waals surface area contributed by atoms with E-state index >= 15 is 9.59 Å². The molecule has 0 unspecified atom stereocenters. The minimum Gasteiger partial charge on any atom is -0.461 e. The van der Waals surface area contributed by atoms with E-state index in [1.165, 1.54) is 63.2 Å². The second-order valence-corrected chi connectivity index (χ2v) is 24.5. The van der Waals surface area contributed by atoms with Crippen LogP contribution in [0.15, 0.2) is 49.6 Å². The fourth-order valence-corrected chi connectivity index (χ4v) is 12.9. The van der Waals surface area contributed by atoms with Crippen LogP contribution in [-0.4, -0.2) is 178 Å². The fraction of sp³-hybridized carbons (Fsp3) is 0.763. The lowest BCUT2D eigenvalue weighted by molar-refractivity contribution is -0.304. The number of ether oxygens (including phenoxy) is 13. The maximum Gasteiger partial charge on any atom is 0.420 e. The molecule has 5 aliphatic heterocycles. The number of ketones is 1.